The summed E-state index contributed by atoms with van der Waals surface area (Å²) in [6, 6.07) is 0.795. The summed E-state index contributed by atoms with van der Waals surface area (Å²) in [6.45, 7) is 13.5. The molecule has 100 valence electrons. The summed E-state index contributed by atoms with van der Waals surface area (Å²) in [6.07, 6.45) is 4.10. The number of hydrogen-bond acceptors (Lipinski definition) is 3. The molecule has 3 nitrogen and oxygen atoms in total. The lowest BCUT2D eigenvalue weighted by Gasteiger charge is -2.37. The van der Waals surface area contributed by atoms with E-state index in [1.165, 1.54) is 65.1 Å². The van der Waals surface area contributed by atoms with Crippen molar-refractivity contribution in [1.29, 1.82) is 0 Å². The number of likely N-dealkylation sites (tertiary alicyclic amines) is 1. The van der Waals surface area contributed by atoms with E-state index in [0.717, 1.165) is 12.0 Å². The Kier molecular flexibility index (Phi) is 5.26. The Balaban J connectivity index is 1.69. The first-order valence-corrected chi connectivity index (χ1v) is 7.43. The normalized spacial score (nSPS) is 33.5. The van der Waals surface area contributed by atoms with Gasteiger partial charge in [0.25, 0.3) is 0 Å². The van der Waals surface area contributed by atoms with E-state index in [4.69, 9.17) is 0 Å². The van der Waals surface area contributed by atoms with Crippen LogP contribution in [0.1, 0.15) is 33.1 Å². The largest absolute Gasteiger partial charge is 0.315 e. The van der Waals surface area contributed by atoms with Crippen molar-refractivity contribution in [2.24, 2.45) is 5.92 Å². The molecule has 2 aliphatic heterocycles. The molecule has 0 amide bonds. The van der Waals surface area contributed by atoms with Gasteiger partial charge in [-0.05, 0) is 51.7 Å². The van der Waals surface area contributed by atoms with Crippen molar-refractivity contribution in [3.8, 4) is 0 Å². The van der Waals surface area contributed by atoms with Crippen molar-refractivity contribution in [3.63, 3.8) is 0 Å². The van der Waals surface area contributed by atoms with Crippen LogP contribution in [0.5, 0.6) is 0 Å². The maximum absolute atomic E-state index is 3.47. The number of hydrogen-bond donors (Lipinski definition) is 1. The summed E-state index contributed by atoms with van der Waals surface area (Å²) in [5.74, 6) is 0.934. The van der Waals surface area contributed by atoms with Crippen LogP contribution < -0.4 is 5.32 Å². The summed E-state index contributed by atoms with van der Waals surface area (Å²) in [5.41, 5.74) is 0. The summed E-state index contributed by atoms with van der Waals surface area (Å²) in [4.78, 5) is 5.32. The van der Waals surface area contributed by atoms with E-state index in [2.05, 4.69) is 29.0 Å². The molecule has 0 aromatic heterocycles. The fourth-order valence-electron chi connectivity index (χ4n) is 3.18. The Morgan fingerprint density at radius 2 is 1.94 bits per heavy atom. The van der Waals surface area contributed by atoms with Gasteiger partial charge in [-0.15, -0.1) is 0 Å². The van der Waals surface area contributed by atoms with Crippen LogP contribution in [0.4, 0.5) is 0 Å². The Labute approximate surface area is 107 Å². The van der Waals surface area contributed by atoms with Crippen LogP contribution in [0, 0.1) is 5.92 Å². The average Bonchev–Trinajstić information content (AvgIpc) is 2.56. The first kappa shape index (κ1) is 13.3. The quantitative estimate of drug-likeness (QED) is 0.803. The van der Waals surface area contributed by atoms with Gasteiger partial charge >= 0.3 is 0 Å². The highest BCUT2D eigenvalue weighted by Gasteiger charge is 2.22. The zero-order valence-electron chi connectivity index (χ0n) is 11.6. The Hall–Kier alpha value is -0.120. The summed E-state index contributed by atoms with van der Waals surface area (Å²) >= 11 is 0. The highest BCUT2D eigenvalue weighted by atomic mass is 15.2. The molecule has 0 aromatic rings. The van der Waals surface area contributed by atoms with Gasteiger partial charge in [-0.1, -0.05) is 6.92 Å². The molecule has 0 radical (unpaired) electrons. The lowest BCUT2D eigenvalue weighted by molar-refractivity contribution is 0.113. The second-order valence-corrected chi connectivity index (χ2v) is 5.96. The number of nitrogens with zero attached hydrogens (tertiary/aromatic N) is 2. The van der Waals surface area contributed by atoms with Crippen LogP contribution in [0.3, 0.4) is 0 Å². The molecule has 2 fully saturated rings. The van der Waals surface area contributed by atoms with E-state index >= 15 is 0 Å². The van der Waals surface area contributed by atoms with E-state index in [-0.39, 0.29) is 0 Å². The highest BCUT2D eigenvalue weighted by molar-refractivity contribution is 4.78. The van der Waals surface area contributed by atoms with Crippen molar-refractivity contribution in [1.82, 2.24) is 15.1 Å². The molecule has 1 N–H and O–H groups in total. The Morgan fingerprint density at radius 1 is 1.06 bits per heavy atom. The number of nitrogens with one attached hydrogen (secondary N) is 1. The molecule has 0 aromatic carbocycles. The van der Waals surface area contributed by atoms with Crippen LogP contribution >= 0.6 is 0 Å². The van der Waals surface area contributed by atoms with Crippen LogP contribution in [0.15, 0.2) is 0 Å². The minimum atomic E-state index is 0.795. The minimum Gasteiger partial charge on any atom is -0.315 e. The van der Waals surface area contributed by atoms with Gasteiger partial charge in [0.15, 0.2) is 0 Å². The fraction of sp³-hybridized carbons (Fsp3) is 1.00. The molecule has 2 atom stereocenters. The molecular formula is C14H29N3. The minimum absolute atomic E-state index is 0.795. The smallest absolute Gasteiger partial charge is 0.0112 e. The molecule has 2 unspecified atom stereocenters. The number of piperidine rings is 1. The van der Waals surface area contributed by atoms with E-state index in [1.807, 2.05) is 0 Å². The maximum Gasteiger partial charge on any atom is 0.0112 e. The summed E-state index contributed by atoms with van der Waals surface area (Å²) in [7, 11) is 0. The predicted molar refractivity (Wildman–Crippen MR) is 73.4 cm³/mol. The van der Waals surface area contributed by atoms with Gasteiger partial charge in [0.1, 0.15) is 0 Å². The van der Waals surface area contributed by atoms with E-state index in [0.29, 0.717) is 0 Å². The van der Waals surface area contributed by atoms with Gasteiger partial charge in [-0.2, -0.15) is 0 Å². The third kappa shape index (κ3) is 4.23. The van der Waals surface area contributed by atoms with Crippen LogP contribution in [0.2, 0.25) is 0 Å². The monoisotopic (exact) mass is 239 g/mol. The Bertz CT molecular complexity index is 212. The van der Waals surface area contributed by atoms with Crippen molar-refractivity contribution in [2.45, 2.75) is 39.2 Å². The molecule has 2 saturated heterocycles. The standard InChI is InChI=1S/C14H29N3/c1-13-4-8-17(14(2)12-13)11-10-16-7-3-5-15-6-9-16/h13-15H,3-12H2,1-2H3. The zero-order valence-corrected chi connectivity index (χ0v) is 11.6. The van der Waals surface area contributed by atoms with Gasteiger partial charge in [-0.25, -0.2) is 0 Å². The summed E-state index contributed by atoms with van der Waals surface area (Å²) < 4.78 is 0. The van der Waals surface area contributed by atoms with E-state index in [9.17, 15) is 0 Å². The lowest BCUT2D eigenvalue weighted by atomic mass is 9.93. The molecule has 2 rings (SSSR count). The first-order valence-electron chi connectivity index (χ1n) is 7.43. The molecule has 0 saturated carbocycles. The fourth-order valence-corrected chi connectivity index (χ4v) is 3.18. The molecule has 2 aliphatic rings. The molecule has 2 heterocycles. The van der Waals surface area contributed by atoms with Gasteiger partial charge in [0, 0.05) is 32.2 Å². The SMILES string of the molecule is CC1CCN(CCN2CCCNCC2)C(C)C1. The van der Waals surface area contributed by atoms with Gasteiger partial charge < -0.3 is 10.2 Å². The third-order valence-electron chi connectivity index (χ3n) is 4.41. The molecule has 0 bridgehead atoms. The van der Waals surface area contributed by atoms with Crippen LogP contribution in [-0.2, 0) is 0 Å². The molecule has 0 aliphatic carbocycles. The van der Waals surface area contributed by atoms with E-state index in [1.54, 1.807) is 0 Å². The molecule has 0 spiro atoms. The van der Waals surface area contributed by atoms with Gasteiger partial charge in [0.05, 0.1) is 0 Å². The third-order valence-corrected chi connectivity index (χ3v) is 4.41. The van der Waals surface area contributed by atoms with Crippen molar-refractivity contribution in [2.75, 3.05) is 45.8 Å². The van der Waals surface area contributed by atoms with Crippen molar-refractivity contribution >= 4 is 0 Å². The first-order chi connectivity index (χ1) is 8.25. The van der Waals surface area contributed by atoms with Crippen molar-refractivity contribution < 1.29 is 0 Å². The second kappa shape index (κ2) is 6.72. The average molecular weight is 239 g/mol. The number of rotatable bonds is 3. The predicted octanol–water partition coefficient (Wildman–Crippen LogP) is 1.40. The maximum atomic E-state index is 3.47. The van der Waals surface area contributed by atoms with E-state index < -0.39 is 0 Å². The molecule has 3 heteroatoms. The summed E-state index contributed by atoms with van der Waals surface area (Å²) in [5, 5.41) is 3.47. The topological polar surface area (TPSA) is 18.5 Å². The zero-order chi connectivity index (χ0) is 12.1. The Morgan fingerprint density at radius 3 is 2.76 bits per heavy atom. The molecule has 17 heavy (non-hydrogen) atoms. The van der Waals surface area contributed by atoms with Gasteiger partial charge in [-0.3, -0.25) is 4.90 Å². The van der Waals surface area contributed by atoms with Gasteiger partial charge in [0.2, 0.25) is 0 Å². The highest BCUT2D eigenvalue weighted by Crippen LogP contribution is 2.21. The van der Waals surface area contributed by atoms with Crippen LogP contribution in [0.25, 0.3) is 0 Å². The lowest BCUT2D eigenvalue weighted by Crippen LogP contribution is -2.44. The van der Waals surface area contributed by atoms with Crippen molar-refractivity contribution in [3.05, 3.63) is 0 Å². The molecular weight excluding hydrogens is 210 g/mol. The second-order valence-electron chi connectivity index (χ2n) is 5.96. The van der Waals surface area contributed by atoms with Crippen LogP contribution in [-0.4, -0.2) is 61.7 Å².